The first-order valence-electron chi connectivity index (χ1n) is 8.18. The number of hydrogen-bond donors (Lipinski definition) is 1. The second-order valence-electron chi connectivity index (χ2n) is 6.32. The highest BCUT2D eigenvalue weighted by Crippen LogP contribution is 2.35. The van der Waals surface area contributed by atoms with Gasteiger partial charge < -0.3 is 0 Å². The third-order valence-electron chi connectivity index (χ3n) is 4.41. The van der Waals surface area contributed by atoms with E-state index in [0.29, 0.717) is 12.1 Å². The average molecular weight is 350 g/mol. The fraction of sp³-hybridized carbons (Fsp3) is 0.150. The summed E-state index contributed by atoms with van der Waals surface area (Å²) in [6, 6.07) is 18.0. The van der Waals surface area contributed by atoms with Crippen molar-refractivity contribution in [2.45, 2.75) is 13.3 Å². The van der Waals surface area contributed by atoms with Crippen LogP contribution in [0.15, 0.2) is 60.8 Å². The van der Waals surface area contributed by atoms with E-state index >= 15 is 0 Å². The Morgan fingerprint density at radius 2 is 1.80 bits per heavy atom. The van der Waals surface area contributed by atoms with Gasteiger partial charge in [0, 0.05) is 17.3 Å². The van der Waals surface area contributed by atoms with E-state index in [4.69, 9.17) is 0 Å². The van der Waals surface area contributed by atoms with Crippen LogP contribution in [0.5, 0.6) is 0 Å². The molecule has 0 aliphatic carbocycles. The van der Waals surface area contributed by atoms with E-state index in [9.17, 15) is 8.42 Å². The Balaban J connectivity index is 1.79. The summed E-state index contributed by atoms with van der Waals surface area (Å²) in [4.78, 5) is 4.59. The van der Waals surface area contributed by atoms with E-state index in [-0.39, 0.29) is 5.75 Å². The van der Waals surface area contributed by atoms with Crippen LogP contribution in [-0.4, -0.2) is 19.2 Å². The van der Waals surface area contributed by atoms with Gasteiger partial charge in [0.15, 0.2) is 0 Å². The van der Waals surface area contributed by atoms with E-state index in [1.54, 1.807) is 0 Å². The van der Waals surface area contributed by atoms with Gasteiger partial charge in [0.25, 0.3) is 0 Å². The average Bonchev–Trinajstić information content (AvgIpc) is 2.62. The maximum Gasteiger partial charge on any atom is 0.233 e. The molecular weight excluding hydrogens is 332 g/mol. The molecule has 1 aromatic heterocycles. The fourth-order valence-corrected chi connectivity index (χ4v) is 4.33. The molecule has 1 aliphatic heterocycles. The maximum absolute atomic E-state index is 12.0. The maximum atomic E-state index is 12.0. The lowest BCUT2D eigenvalue weighted by Gasteiger charge is -2.22. The van der Waals surface area contributed by atoms with Crippen LogP contribution in [-0.2, 0) is 16.4 Å². The predicted octanol–water partition coefficient (Wildman–Crippen LogP) is 4.02. The SMILES string of the molecule is Cc1cc2c(c(-c3ccc(-c4ccccc4)cn3)c1)NS(=O)(=O)CC2. The van der Waals surface area contributed by atoms with Crippen LogP contribution < -0.4 is 4.72 Å². The van der Waals surface area contributed by atoms with Crippen LogP contribution >= 0.6 is 0 Å². The summed E-state index contributed by atoms with van der Waals surface area (Å²) in [5.41, 5.74) is 6.53. The number of sulfonamides is 1. The molecule has 5 heteroatoms. The summed E-state index contributed by atoms with van der Waals surface area (Å²) >= 11 is 0. The molecular formula is C20H18N2O2S. The van der Waals surface area contributed by atoms with Crippen molar-refractivity contribution in [2.75, 3.05) is 10.5 Å². The Morgan fingerprint density at radius 3 is 2.52 bits per heavy atom. The zero-order valence-corrected chi connectivity index (χ0v) is 14.7. The van der Waals surface area contributed by atoms with Crippen molar-refractivity contribution in [3.05, 3.63) is 71.9 Å². The number of aromatic nitrogens is 1. The second-order valence-corrected chi connectivity index (χ2v) is 8.16. The molecule has 0 radical (unpaired) electrons. The van der Waals surface area contributed by atoms with Crippen LogP contribution in [0.4, 0.5) is 5.69 Å². The molecule has 4 rings (SSSR count). The summed E-state index contributed by atoms with van der Waals surface area (Å²) in [6.07, 6.45) is 2.36. The first kappa shape index (κ1) is 15.8. The number of anilines is 1. The predicted molar refractivity (Wildman–Crippen MR) is 101 cm³/mol. The molecule has 0 unspecified atom stereocenters. The van der Waals surface area contributed by atoms with Gasteiger partial charge in [-0.2, -0.15) is 0 Å². The lowest BCUT2D eigenvalue weighted by atomic mass is 9.98. The van der Waals surface area contributed by atoms with Crippen molar-refractivity contribution in [1.29, 1.82) is 0 Å². The molecule has 2 heterocycles. The van der Waals surface area contributed by atoms with Gasteiger partial charge in [-0.1, -0.05) is 48.0 Å². The third kappa shape index (κ3) is 3.15. The number of fused-ring (bicyclic) bond motifs is 1. The monoisotopic (exact) mass is 350 g/mol. The molecule has 3 aromatic rings. The fourth-order valence-electron chi connectivity index (χ4n) is 3.19. The zero-order valence-electron chi connectivity index (χ0n) is 13.9. The Hall–Kier alpha value is -2.66. The molecule has 0 amide bonds. The van der Waals surface area contributed by atoms with Gasteiger partial charge in [-0.25, -0.2) is 8.42 Å². The smallest absolute Gasteiger partial charge is 0.233 e. The minimum absolute atomic E-state index is 0.128. The van der Waals surface area contributed by atoms with Gasteiger partial charge in [0.1, 0.15) is 0 Å². The molecule has 2 aromatic carbocycles. The molecule has 4 nitrogen and oxygen atoms in total. The summed E-state index contributed by atoms with van der Waals surface area (Å²) in [6.45, 7) is 2.02. The van der Waals surface area contributed by atoms with E-state index in [1.807, 2.05) is 67.7 Å². The van der Waals surface area contributed by atoms with Crippen LogP contribution in [0.3, 0.4) is 0 Å². The molecule has 0 atom stereocenters. The summed E-state index contributed by atoms with van der Waals surface area (Å²) in [7, 11) is -3.27. The molecule has 25 heavy (non-hydrogen) atoms. The summed E-state index contributed by atoms with van der Waals surface area (Å²) < 4.78 is 26.7. The Bertz CT molecular complexity index is 1030. The molecule has 1 aliphatic rings. The molecule has 0 saturated heterocycles. The van der Waals surface area contributed by atoms with Crippen molar-refractivity contribution in [1.82, 2.24) is 4.98 Å². The molecule has 0 spiro atoms. The second kappa shape index (κ2) is 6.01. The van der Waals surface area contributed by atoms with Crippen molar-refractivity contribution >= 4 is 15.7 Å². The van der Waals surface area contributed by atoms with E-state index in [2.05, 4.69) is 9.71 Å². The minimum atomic E-state index is -3.27. The summed E-state index contributed by atoms with van der Waals surface area (Å²) in [5, 5.41) is 0. The quantitative estimate of drug-likeness (QED) is 0.759. The number of benzene rings is 2. The topological polar surface area (TPSA) is 59.1 Å². The number of hydrogen-bond acceptors (Lipinski definition) is 3. The number of aryl methyl sites for hydroxylation is 2. The van der Waals surface area contributed by atoms with Crippen molar-refractivity contribution < 1.29 is 8.42 Å². The van der Waals surface area contributed by atoms with Gasteiger partial charge >= 0.3 is 0 Å². The largest absolute Gasteiger partial charge is 0.283 e. The van der Waals surface area contributed by atoms with Crippen LogP contribution in [0.2, 0.25) is 0 Å². The number of rotatable bonds is 2. The third-order valence-corrected chi connectivity index (χ3v) is 5.67. The van der Waals surface area contributed by atoms with E-state index in [1.165, 1.54) is 0 Å². The van der Waals surface area contributed by atoms with Crippen molar-refractivity contribution in [2.24, 2.45) is 0 Å². The van der Waals surface area contributed by atoms with E-state index < -0.39 is 10.0 Å². The van der Waals surface area contributed by atoms with Gasteiger partial charge in [0.2, 0.25) is 10.0 Å². The lowest BCUT2D eigenvalue weighted by molar-refractivity contribution is 0.599. The molecule has 0 saturated carbocycles. The number of nitrogens with one attached hydrogen (secondary N) is 1. The van der Waals surface area contributed by atoms with Crippen LogP contribution in [0.1, 0.15) is 11.1 Å². The molecule has 0 fully saturated rings. The minimum Gasteiger partial charge on any atom is -0.283 e. The van der Waals surface area contributed by atoms with Crippen molar-refractivity contribution in [3.8, 4) is 22.4 Å². The highest BCUT2D eigenvalue weighted by Gasteiger charge is 2.23. The zero-order chi connectivity index (χ0) is 17.4. The normalized spacial score (nSPS) is 15.2. The number of pyridine rings is 1. The molecule has 126 valence electrons. The van der Waals surface area contributed by atoms with Gasteiger partial charge in [0.05, 0.1) is 17.1 Å². The van der Waals surface area contributed by atoms with Crippen molar-refractivity contribution in [3.63, 3.8) is 0 Å². The summed E-state index contributed by atoms with van der Waals surface area (Å²) in [5.74, 6) is 0.128. The Kier molecular flexibility index (Phi) is 3.81. The Labute approximate surface area is 147 Å². The number of nitrogens with zero attached hydrogens (tertiary/aromatic N) is 1. The van der Waals surface area contributed by atoms with E-state index in [0.717, 1.165) is 33.5 Å². The van der Waals surface area contributed by atoms with Gasteiger partial charge in [-0.15, -0.1) is 0 Å². The standard InChI is InChI=1S/C20H18N2O2S/c1-14-11-16-9-10-25(23,24)22-20(16)18(12-14)19-8-7-17(13-21-19)15-5-3-2-4-6-15/h2-8,11-13,22H,9-10H2,1H3. The highest BCUT2D eigenvalue weighted by molar-refractivity contribution is 7.92. The Morgan fingerprint density at radius 1 is 1.00 bits per heavy atom. The highest BCUT2D eigenvalue weighted by atomic mass is 32.2. The van der Waals surface area contributed by atoms with Gasteiger partial charge in [-0.3, -0.25) is 9.71 Å². The van der Waals surface area contributed by atoms with Crippen LogP contribution in [0.25, 0.3) is 22.4 Å². The first-order chi connectivity index (χ1) is 12.0. The van der Waals surface area contributed by atoms with Crippen LogP contribution in [0, 0.1) is 6.92 Å². The lowest BCUT2D eigenvalue weighted by Crippen LogP contribution is -2.24. The van der Waals surface area contributed by atoms with Gasteiger partial charge in [-0.05, 0) is 36.6 Å². The molecule has 1 N–H and O–H groups in total. The first-order valence-corrected chi connectivity index (χ1v) is 9.83. The molecule has 0 bridgehead atoms.